The molecule has 0 unspecified atom stereocenters. The Balaban J connectivity index is 2.98. The Labute approximate surface area is 105 Å². The molecule has 1 aromatic heterocycles. The molecule has 0 atom stereocenters. The number of aromatic nitrogens is 2. The second kappa shape index (κ2) is 5.26. The summed E-state index contributed by atoms with van der Waals surface area (Å²) in [6, 6.07) is 0. The lowest BCUT2D eigenvalue weighted by Crippen LogP contribution is -2.28. The van der Waals surface area contributed by atoms with Crippen LogP contribution in [0.15, 0.2) is 0 Å². The Bertz CT molecular complexity index is 343. The molecule has 0 amide bonds. The zero-order valence-electron chi connectivity index (χ0n) is 11.2. The summed E-state index contributed by atoms with van der Waals surface area (Å²) >= 11 is 4.52. The van der Waals surface area contributed by atoms with Gasteiger partial charge in [0.1, 0.15) is 0 Å². The Kier molecular flexibility index (Phi) is 4.48. The summed E-state index contributed by atoms with van der Waals surface area (Å²) < 4.78 is 2.16. The summed E-state index contributed by atoms with van der Waals surface area (Å²) in [6.45, 7) is 11.9. The van der Waals surface area contributed by atoms with E-state index in [9.17, 15) is 0 Å². The number of nitrogens with zero attached hydrogens (tertiary/aromatic N) is 2. The van der Waals surface area contributed by atoms with Gasteiger partial charge in [-0.1, -0.05) is 13.8 Å². The lowest BCUT2D eigenvalue weighted by atomic mass is 9.84. The van der Waals surface area contributed by atoms with E-state index >= 15 is 0 Å². The SMILES string of the molecule is CCC(CC)(CS)Cn1nc(C)c(C)c1C. The van der Waals surface area contributed by atoms with Crippen molar-refractivity contribution >= 4 is 12.6 Å². The van der Waals surface area contributed by atoms with E-state index in [1.165, 1.54) is 11.3 Å². The monoisotopic (exact) mass is 240 g/mol. The first-order valence-electron chi connectivity index (χ1n) is 6.11. The lowest BCUT2D eigenvalue weighted by Gasteiger charge is -2.30. The van der Waals surface area contributed by atoms with Crippen LogP contribution in [0.25, 0.3) is 0 Å². The highest BCUT2D eigenvalue weighted by Gasteiger charge is 2.26. The molecule has 0 aliphatic rings. The molecule has 0 aromatic carbocycles. The minimum atomic E-state index is 0.290. The Hall–Kier alpha value is -0.440. The van der Waals surface area contributed by atoms with Gasteiger partial charge in [0.15, 0.2) is 0 Å². The number of aryl methyl sites for hydroxylation is 1. The Morgan fingerprint density at radius 2 is 1.75 bits per heavy atom. The van der Waals surface area contributed by atoms with Gasteiger partial charge in [0.25, 0.3) is 0 Å². The second-order valence-corrected chi connectivity index (χ2v) is 5.13. The summed E-state index contributed by atoms with van der Waals surface area (Å²) in [5, 5.41) is 4.62. The van der Waals surface area contributed by atoms with Gasteiger partial charge in [-0.25, -0.2) is 0 Å². The first-order valence-corrected chi connectivity index (χ1v) is 6.74. The molecule has 0 aliphatic carbocycles. The fraction of sp³-hybridized carbons (Fsp3) is 0.769. The van der Waals surface area contributed by atoms with Gasteiger partial charge in [0.05, 0.1) is 5.69 Å². The molecule has 0 saturated heterocycles. The molecule has 1 heterocycles. The van der Waals surface area contributed by atoms with Crippen molar-refractivity contribution in [1.82, 2.24) is 9.78 Å². The standard InChI is InChI=1S/C13H24N2S/c1-6-13(7-2,9-16)8-15-12(5)10(3)11(4)14-15/h16H,6-9H2,1-5H3. The second-order valence-electron chi connectivity index (χ2n) is 4.82. The van der Waals surface area contributed by atoms with Crippen LogP contribution < -0.4 is 0 Å². The largest absolute Gasteiger partial charge is 0.269 e. The van der Waals surface area contributed by atoms with Crippen LogP contribution in [-0.4, -0.2) is 15.5 Å². The van der Waals surface area contributed by atoms with Gasteiger partial charge < -0.3 is 0 Å². The zero-order valence-corrected chi connectivity index (χ0v) is 12.1. The van der Waals surface area contributed by atoms with Crippen LogP contribution in [0.3, 0.4) is 0 Å². The van der Waals surface area contributed by atoms with Crippen molar-refractivity contribution in [1.29, 1.82) is 0 Å². The molecule has 0 fully saturated rings. The zero-order chi connectivity index (χ0) is 12.3. The van der Waals surface area contributed by atoms with Gasteiger partial charge in [-0.3, -0.25) is 4.68 Å². The van der Waals surface area contributed by atoms with Crippen molar-refractivity contribution in [2.24, 2.45) is 5.41 Å². The fourth-order valence-corrected chi connectivity index (χ4v) is 2.55. The van der Waals surface area contributed by atoms with Crippen molar-refractivity contribution in [3.63, 3.8) is 0 Å². The van der Waals surface area contributed by atoms with E-state index in [-0.39, 0.29) is 0 Å². The highest BCUT2D eigenvalue weighted by molar-refractivity contribution is 7.80. The van der Waals surface area contributed by atoms with Crippen LogP contribution in [0, 0.1) is 26.2 Å². The molecule has 0 spiro atoms. The summed E-state index contributed by atoms with van der Waals surface area (Å²) in [5.41, 5.74) is 4.06. The third-order valence-corrected chi connectivity index (χ3v) is 4.73. The van der Waals surface area contributed by atoms with Crippen molar-refractivity contribution < 1.29 is 0 Å². The molecule has 0 aliphatic heterocycles. The van der Waals surface area contributed by atoms with Crippen molar-refractivity contribution in [3.05, 3.63) is 17.0 Å². The average Bonchev–Trinajstić information content (AvgIpc) is 2.54. The minimum absolute atomic E-state index is 0.290. The maximum Gasteiger partial charge on any atom is 0.0625 e. The summed E-state index contributed by atoms with van der Waals surface area (Å²) in [4.78, 5) is 0. The van der Waals surface area contributed by atoms with Crippen LogP contribution in [0.2, 0.25) is 0 Å². The van der Waals surface area contributed by atoms with Crippen LogP contribution in [0.1, 0.15) is 43.6 Å². The van der Waals surface area contributed by atoms with E-state index in [0.29, 0.717) is 5.41 Å². The summed E-state index contributed by atoms with van der Waals surface area (Å²) in [7, 11) is 0. The van der Waals surface area contributed by atoms with E-state index in [2.05, 4.69) is 57.0 Å². The highest BCUT2D eigenvalue weighted by atomic mass is 32.1. The summed E-state index contributed by atoms with van der Waals surface area (Å²) in [5.74, 6) is 0.928. The molecule has 92 valence electrons. The maximum absolute atomic E-state index is 4.62. The minimum Gasteiger partial charge on any atom is -0.269 e. The normalized spacial score (nSPS) is 12.1. The predicted octanol–water partition coefficient (Wildman–Crippen LogP) is 3.54. The first-order chi connectivity index (χ1) is 7.49. The smallest absolute Gasteiger partial charge is 0.0625 e. The number of hydrogen-bond acceptors (Lipinski definition) is 2. The molecule has 16 heavy (non-hydrogen) atoms. The summed E-state index contributed by atoms with van der Waals surface area (Å²) in [6.07, 6.45) is 2.31. The van der Waals surface area contributed by atoms with Crippen molar-refractivity contribution in [2.75, 3.05) is 5.75 Å². The lowest BCUT2D eigenvalue weighted by molar-refractivity contribution is 0.244. The first kappa shape index (κ1) is 13.6. The molecule has 2 nitrogen and oxygen atoms in total. The average molecular weight is 240 g/mol. The number of rotatable bonds is 5. The van der Waals surface area contributed by atoms with Crippen molar-refractivity contribution in [3.8, 4) is 0 Å². The predicted molar refractivity (Wildman–Crippen MR) is 73.3 cm³/mol. The van der Waals surface area contributed by atoms with Gasteiger partial charge in [-0.15, -0.1) is 0 Å². The fourth-order valence-electron chi connectivity index (χ4n) is 2.01. The van der Waals surface area contributed by atoms with E-state index in [4.69, 9.17) is 0 Å². The molecule has 1 aromatic rings. The molecular weight excluding hydrogens is 216 g/mol. The topological polar surface area (TPSA) is 17.8 Å². The molecule has 0 bridgehead atoms. The van der Waals surface area contributed by atoms with Crippen LogP contribution in [0.4, 0.5) is 0 Å². The number of hydrogen-bond donors (Lipinski definition) is 1. The highest BCUT2D eigenvalue weighted by Crippen LogP contribution is 2.30. The van der Waals surface area contributed by atoms with Gasteiger partial charge >= 0.3 is 0 Å². The van der Waals surface area contributed by atoms with E-state index < -0.39 is 0 Å². The van der Waals surface area contributed by atoms with Gasteiger partial charge in [0.2, 0.25) is 0 Å². The van der Waals surface area contributed by atoms with Gasteiger partial charge in [0, 0.05) is 12.2 Å². The van der Waals surface area contributed by atoms with Gasteiger partial charge in [-0.2, -0.15) is 17.7 Å². The van der Waals surface area contributed by atoms with Gasteiger partial charge in [-0.05, 0) is 50.3 Å². The maximum atomic E-state index is 4.62. The molecule has 0 N–H and O–H groups in total. The Morgan fingerprint density at radius 3 is 2.06 bits per heavy atom. The molecule has 0 radical (unpaired) electrons. The van der Waals surface area contributed by atoms with Crippen LogP contribution >= 0.6 is 12.6 Å². The molecule has 3 heteroatoms. The van der Waals surface area contributed by atoms with Crippen LogP contribution in [0.5, 0.6) is 0 Å². The quantitative estimate of drug-likeness (QED) is 0.779. The van der Waals surface area contributed by atoms with E-state index in [1.54, 1.807) is 0 Å². The number of thiol groups is 1. The third-order valence-electron chi connectivity index (χ3n) is 4.06. The van der Waals surface area contributed by atoms with E-state index in [0.717, 1.165) is 30.8 Å². The molecular formula is C13H24N2S. The molecule has 1 rings (SSSR count). The Morgan fingerprint density at radius 1 is 1.19 bits per heavy atom. The molecule has 0 saturated carbocycles. The van der Waals surface area contributed by atoms with Crippen LogP contribution in [-0.2, 0) is 6.54 Å². The van der Waals surface area contributed by atoms with E-state index in [1.807, 2.05) is 0 Å². The van der Waals surface area contributed by atoms with Crippen molar-refractivity contribution in [2.45, 2.75) is 54.0 Å². The third kappa shape index (κ3) is 2.45.